The molecule has 0 radical (unpaired) electrons. The van der Waals surface area contributed by atoms with Crippen molar-refractivity contribution in [1.82, 2.24) is 30.2 Å². The number of para-hydroxylation sites is 1. The molecule has 2 aromatic heterocycles. The van der Waals surface area contributed by atoms with Gasteiger partial charge >= 0.3 is 0 Å². The Bertz CT molecular complexity index is 1040. The van der Waals surface area contributed by atoms with Crippen LogP contribution in [0, 0.1) is 6.92 Å². The summed E-state index contributed by atoms with van der Waals surface area (Å²) in [6.07, 6.45) is 6.22. The summed E-state index contributed by atoms with van der Waals surface area (Å²) < 4.78 is 1.72. The molecular weight excluding hydrogens is 423 g/mol. The highest BCUT2D eigenvalue weighted by molar-refractivity contribution is 5.94. The number of rotatable bonds is 3. The van der Waals surface area contributed by atoms with Crippen LogP contribution in [-0.4, -0.2) is 56.0 Å². The van der Waals surface area contributed by atoms with Gasteiger partial charge in [0.25, 0.3) is 5.91 Å². The zero-order chi connectivity index (χ0) is 19.3. The molecule has 0 spiro atoms. The second kappa shape index (κ2) is 8.88. The van der Waals surface area contributed by atoms with Crippen LogP contribution in [0.4, 0.5) is 0 Å². The Hall–Kier alpha value is -2.22. The van der Waals surface area contributed by atoms with Gasteiger partial charge in [-0.25, -0.2) is 4.68 Å². The first-order chi connectivity index (χ1) is 13.6. The zero-order valence-corrected chi connectivity index (χ0v) is 18.6. The molecule has 0 aliphatic carbocycles. The molecule has 2 unspecified atom stereocenters. The average molecular weight is 449 g/mol. The van der Waals surface area contributed by atoms with E-state index in [1.54, 1.807) is 10.9 Å². The minimum absolute atomic E-state index is 0. The van der Waals surface area contributed by atoms with Crippen LogP contribution < -0.4 is 5.32 Å². The Kier molecular flexibility index (Phi) is 6.65. The van der Waals surface area contributed by atoms with Crippen molar-refractivity contribution in [2.75, 3.05) is 7.05 Å². The second-order valence-electron chi connectivity index (χ2n) is 7.97. The van der Waals surface area contributed by atoms with Crippen LogP contribution >= 0.6 is 24.8 Å². The third-order valence-electron chi connectivity index (χ3n) is 6.25. The number of carbonyl (C=O) groups is 1. The number of benzene rings is 1. The van der Waals surface area contributed by atoms with Crippen molar-refractivity contribution in [3.8, 4) is 5.69 Å². The van der Waals surface area contributed by atoms with Crippen LogP contribution in [0.2, 0.25) is 0 Å². The van der Waals surface area contributed by atoms with Crippen molar-refractivity contribution in [2.24, 2.45) is 0 Å². The second-order valence-corrected chi connectivity index (χ2v) is 7.97. The monoisotopic (exact) mass is 448 g/mol. The molecule has 4 heterocycles. The molecule has 7 nitrogen and oxygen atoms in total. The summed E-state index contributed by atoms with van der Waals surface area (Å²) in [4.78, 5) is 19.5. The number of halogens is 2. The molecule has 2 fully saturated rings. The first kappa shape index (κ1) is 22.5. The predicted octanol–water partition coefficient (Wildman–Crippen LogP) is 3.32. The molecule has 1 N–H and O–H groups in total. The highest BCUT2D eigenvalue weighted by atomic mass is 35.5. The Morgan fingerprint density at radius 2 is 1.83 bits per heavy atom. The van der Waals surface area contributed by atoms with Gasteiger partial charge in [0.2, 0.25) is 0 Å². The maximum absolute atomic E-state index is 13.2. The van der Waals surface area contributed by atoms with E-state index in [0.29, 0.717) is 17.8 Å². The summed E-state index contributed by atoms with van der Waals surface area (Å²) in [7, 11) is 1.90. The van der Waals surface area contributed by atoms with Gasteiger partial charge in [0.1, 0.15) is 0 Å². The Morgan fingerprint density at radius 1 is 1.13 bits per heavy atom. The summed E-state index contributed by atoms with van der Waals surface area (Å²) in [5.41, 5.74) is 2.85. The highest BCUT2D eigenvalue weighted by Crippen LogP contribution is 2.30. The van der Waals surface area contributed by atoms with E-state index in [4.69, 9.17) is 0 Å². The minimum atomic E-state index is -0.0526. The van der Waals surface area contributed by atoms with Crippen LogP contribution in [0.15, 0.2) is 36.5 Å². The van der Waals surface area contributed by atoms with Gasteiger partial charge in [-0.2, -0.15) is 0 Å². The maximum atomic E-state index is 13.2. The fraction of sp³-hybridized carbons (Fsp3) is 0.429. The van der Waals surface area contributed by atoms with Crippen molar-refractivity contribution < 1.29 is 4.79 Å². The number of amides is 1. The van der Waals surface area contributed by atoms with Gasteiger partial charge in [0.05, 0.1) is 16.9 Å². The van der Waals surface area contributed by atoms with Gasteiger partial charge in [-0.05, 0) is 44.7 Å². The van der Waals surface area contributed by atoms with E-state index in [1.165, 1.54) is 12.8 Å². The molecule has 9 heteroatoms. The lowest BCUT2D eigenvalue weighted by molar-refractivity contribution is 0.0675. The van der Waals surface area contributed by atoms with Crippen LogP contribution in [0.3, 0.4) is 0 Å². The molecule has 160 valence electrons. The van der Waals surface area contributed by atoms with E-state index in [-0.39, 0.29) is 36.8 Å². The van der Waals surface area contributed by atoms with E-state index < -0.39 is 0 Å². The molecule has 2 bridgehead atoms. The van der Waals surface area contributed by atoms with Gasteiger partial charge < -0.3 is 10.2 Å². The molecule has 2 aliphatic rings. The standard InChI is InChI=1S/C21H24N6O.2ClH/c1-13-19(21(28)26(2)17-11-15-8-9-16(12-17)23-15)24-25-27(13)18-7-3-5-14-6-4-10-22-20(14)18;;/h3-7,10,15-17,23H,8-9,11-12H2,1-2H3;2*1H. The van der Waals surface area contributed by atoms with Crippen LogP contribution in [0.25, 0.3) is 16.6 Å². The third kappa shape index (κ3) is 3.77. The van der Waals surface area contributed by atoms with Crippen molar-refractivity contribution in [3.05, 3.63) is 47.9 Å². The smallest absolute Gasteiger partial charge is 0.276 e. The Labute approximate surface area is 188 Å². The molecule has 2 atom stereocenters. The van der Waals surface area contributed by atoms with Crippen LogP contribution in [0.5, 0.6) is 0 Å². The molecule has 2 aliphatic heterocycles. The lowest BCUT2D eigenvalue weighted by atomic mass is 9.98. The Morgan fingerprint density at radius 3 is 2.57 bits per heavy atom. The zero-order valence-electron chi connectivity index (χ0n) is 17.0. The summed E-state index contributed by atoms with van der Waals surface area (Å²) >= 11 is 0. The molecule has 1 amide bonds. The number of hydrogen-bond acceptors (Lipinski definition) is 5. The largest absolute Gasteiger partial charge is 0.337 e. The first-order valence-electron chi connectivity index (χ1n) is 9.91. The molecule has 0 saturated carbocycles. The molecule has 2 saturated heterocycles. The van der Waals surface area contributed by atoms with Gasteiger partial charge in [-0.3, -0.25) is 9.78 Å². The fourth-order valence-electron chi connectivity index (χ4n) is 4.69. The van der Waals surface area contributed by atoms with E-state index in [0.717, 1.165) is 35.1 Å². The summed E-state index contributed by atoms with van der Waals surface area (Å²) in [5.74, 6) is -0.0526. The van der Waals surface area contributed by atoms with Crippen LogP contribution in [0.1, 0.15) is 41.9 Å². The lowest BCUT2D eigenvalue weighted by Crippen LogP contribution is -2.48. The highest BCUT2D eigenvalue weighted by Gasteiger charge is 2.37. The molecule has 30 heavy (non-hydrogen) atoms. The summed E-state index contributed by atoms with van der Waals surface area (Å²) in [6, 6.07) is 11.2. The number of hydrogen-bond donors (Lipinski definition) is 1. The first-order valence-corrected chi connectivity index (χ1v) is 9.91. The van der Waals surface area contributed by atoms with Gasteiger partial charge in [-0.1, -0.05) is 23.4 Å². The number of fused-ring (bicyclic) bond motifs is 3. The predicted molar refractivity (Wildman–Crippen MR) is 121 cm³/mol. The van der Waals surface area contributed by atoms with Gasteiger partial charge in [0, 0.05) is 36.8 Å². The van der Waals surface area contributed by atoms with Gasteiger partial charge in [-0.15, -0.1) is 29.9 Å². The van der Waals surface area contributed by atoms with Crippen molar-refractivity contribution >= 4 is 41.6 Å². The van der Waals surface area contributed by atoms with Crippen LogP contribution in [-0.2, 0) is 0 Å². The average Bonchev–Trinajstić information content (AvgIpc) is 3.27. The number of carbonyl (C=O) groups excluding carboxylic acids is 1. The fourth-order valence-corrected chi connectivity index (χ4v) is 4.69. The van der Waals surface area contributed by atoms with E-state index >= 15 is 0 Å². The Balaban J connectivity index is 0.00000128. The molecule has 5 rings (SSSR count). The number of aromatic nitrogens is 4. The third-order valence-corrected chi connectivity index (χ3v) is 6.25. The topological polar surface area (TPSA) is 75.9 Å². The number of nitrogens with zero attached hydrogens (tertiary/aromatic N) is 5. The summed E-state index contributed by atoms with van der Waals surface area (Å²) in [5, 5.41) is 13.2. The van der Waals surface area contributed by atoms with E-state index in [1.807, 2.05) is 49.2 Å². The van der Waals surface area contributed by atoms with Crippen molar-refractivity contribution in [1.29, 1.82) is 0 Å². The minimum Gasteiger partial charge on any atom is -0.337 e. The number of nitrogens with one attached hydrogen (secondary N) is 1. The van der Waals surface area contributed by atoms with E-state index in [9.17, 15) is 4.79 Å². The van der Waals surface area contributed by atoms with E-state index in [2.05, 4.69) is 20.6 Å². The van der Waals surface area contributed by atoms with Gasteiger partial charge in [0.15, 0.2) is 5.69 Å². The van der Waals surface area contributed by atoms with Crippen molar-refractivity contribution in [3.63, 3.8) is 0 Å². The molecule has 1 aromatic carbocycles. The summed E-state index contributed by atoms with van der Waals surface area (Å²) in [6.45, 7) is 1.90. The normalized spacial score (nSPS) is 22.3. The number of piperidine rings is 1. The maximum Gasteiger partial charge on any atom is 0.276 e. The molecule has 3 aromatic rings. The number of pyridine rings is 1. The SMILES string of the molecule is Cc1c(C(=O)N(C)C2CC3CCC(C2)N3)nnn1-c1cccc2cccnc12.Cl.Cl. The quantitative estimate of drug-likeness (QED) is 0.664. The lowest BCUT2D eigenvalue weighted by Gasteiger charge is -2.35. The molecular formula is C21H26Cl2N6O. The van der Waals surface area contributed by atoms with Crippen molar-refractivity contribution in [2.45, 2.75) is 50.7 Å².